The van der Waals surface area contributed by atoms with Gasteiger partial charge in [-0.1, -0.05) is 0 Å². The van der Waals surface area contributed by atoms with E-state index in [4.69, 9.17) is 0 Å². The van der Waals surface area contributed by atoms with Gasteiger partial charge < -0.3 is 5.32 Å². The third-order valence-electron chi connectivity index (χ3n) is 4.73. The van der Waals surface area contributed by atoms with Crippen LogP contribution in [0.15, 0.2) is 0 Å². The molecule has 2 aliphatic carbocycles. The molecule has 16 heavy (non-hydrogen) atoms. The number of halogens is 1. The van der Waals surface area contributed by atoms with E-state index in [-0.39, 0.29) is 12.2 Å². The maximum atomic E-state index is 12.6. The molecule has 0 aromatic heterocycles. The highest BCUT2D eigenvalue weighted by molar-refractivity contribution is 5.06. The van der Waals surface area contributed by atoms with Crippen molar-refractivity contribution in [3.8, 4) is 0 Å². The average Bonchev–Trinajstić information content (AvgIpc) is 3.12. The molecule has 1 aliphatic heterocycles. The van der Waals surface area contributed by atoms with E-state index in [1.807, 2.05) is 0 Å². The zero-order valence-corrected chi connectivity index (χ0v) is 10.2. The molecule has 2 unspecified atom stereocenters. The lowest BCUT2D eigenvalue weighted by Crippen LogP contribution is -2.64. The molecule has 3 aliphatic rings. The van der Waals surface area contributed by atoms with E-state index in [0.29, 0.717) is 12.6 Å². The fraction of sp³-hybridized carbons (Fsp3) is 1.00. The molecule has 3 fully saturated rings. The van der Waals surface area contributed by atoms with E-state index in [1.54, 1.807) is 0 Å². The Hall–Kier alpha value is -0.150. The lowest BCUT2D eigenvalue weighted by atomic mass is 9.90. The third-order valence-corrected chi connectivity index (χ3v) is 4.73. The standard InChI is InChI=1S/C13H23FN2/c1-13(11-4-5-11)9-16(7-6-14)12(8-15-13)10-2-3-10/h10-12,15H,2-9H2,1H3. The van der Waals surface area contributed by atoms with Gasteiger partial charge in [-0.25, -0.2) is 4.39 Å². The summed E-state index contributed by atoms with van der Waals surface area (Å²) >= 11 is 0. The Labute approximate surface area is 97.6 Å². The van der Waals surface area contributed by atoms with Crippen LogP contribution in [0.5, 0.6) is 0 Å². The first kappa shape index (κ1) is 11.0. The van der Waals surface area contributed by atoms with Crippen LogP contribution < -0.4 is 5.32 Å². The molecule has 0 spiro atoms. The molecule has 1 saturated heterocycles. The van der Waals surface area contributed by atoms with E-state index < -0.39 is 0 Å². The van der Waals surface area contributed by atoms with Gasteiger partial charge in [0.2, 0.25) is 0 Å². The van der Waals surface area contributed by atoms with E-state index >= 15 is 0 Å². The molecule has 0 amide bonds. The zero-order chi connectivity index (χ0) is 11.2. The SMILES string of the molecule is CC1(C2CC2)CN(CCF)C(C2CC2)CN1. The number of piperazine rings is 1. The predicted octanol–water partition coefficient (Wildman–Crippen LogP) is 1.81. The van der Waals surface area contributed by atoms with E-state index in [1.165, 1.54) is 25.7 Å². The van der Waals surface area contributed by atoms with Gasteiger partial charge >= 0.3 is 0 Å². The van der Waals surface area contributed by atoms with Gasteiger partial charge in [0.15, 0.2) is 0 Å². The van der Waals surface area contributed by atoms with Gasteiger partial charge in [-0.15, -0.1) is 0 Å². The summed E-state index contributed by atoms with van der Waals surface area (Å²) in [6.07, 6.45) is 5.44. The minimum absolute atomic E-state index is 0.191. The molecule has 0 aromatic carbocycles. The topological polar surface area (TPSA) is 15.3 Å². The van der Waals surface area contributed by atoms with Crippen LogP contribution in [0.25, 0.3) is 0 Å². The average molecular weight is 226 g/mol. The number of rotatable bonds is 4. The van der Waals surface area contributed by atoms with Crippen LogP contribution in [-0.4, -0.2) is 42.8 Å². The molecule has 2 atom stereocenters. The summed E-state index contributed by atoms with van der Waals surface area (Å²) < 4.78 is 12.6. The lowest BCUT2D eigenvalue weighted by molar-refractivity contribution is 0.0593. The molecule has 0 bridgehead atoms. The van der Waals surface area contributed by atoms with Crippen molar-refractivity contribution in [2.45, 2.75) is 44.2 Å². The molecule has 2 nitrogen and oxygen atoms in total. The Kier molecular flexibility index (Phi) is 2.71. The van der Waals surface area contributed by atoms with Crippen molar-refractivity contribution in [1.29, 1.82) is 0 Å². The minimum atomic E-state index is -0.191. The number of nitrogens with one attached hydrogen (secondary N) is 1. The Bertz CT molecular complexity index is 263. The summed E-state index contributed by atoms with van der Waals surface area (Å²) in [5, 5.41) is 3.75. The zero-order valence-electron chi connectivity index (χ0n) is 10.2. The summed E-state index contributed by atoms with van der Waals surface area (Å²) in [6, 6.07) is 0.613. The summed E-state index contributed by atoms with van der Waals surface area (Å²) in [5.41, 5.74) is 0.264. The second-order valence-corrected chi connectivity index (χ2v) is 6.14. The number of hydrogen-bond acceptors (Lipinski definition) is 2. The first-order chi connectivity index (χ1) is 7.73. The van der Waals surface area contributed by atoms with Gasteiger partial charge in [0.05, 0.1) is 0 Å². The first-order valence-corrected chi connectivity index (χ1v) is 6.78. The van der Waals surface area contributed by atoms with Crippen molar-refractivity contribution < 1.29 is 4.39 Å². The van der Waals surface area contributed by atoms with Gasteiger partial charge in [0.1, 0.15) is 6.67 Å². The Morgan fingerprint density at radius 3 is 2.62 bits per heavy atom. The van der Waals surface area contributed by atoms with Crippen LogP contribution in [0.4, 0.5) is 4.39 Å². The van der Waals surface area contributed by atoms with E-state index in [0.717, 1.165) is 24.9 Å². The van der Waals surface area contributed by atoms with Crippen LogP contribution in [0.2, 0.25) is 0 Å². The summed E-state index contributed by atoms with van der Waals surface area (Å²) in [4.78, 5) is 2.42. The van der Waals surface area contributed by atoms with Crippen molar-refractivity contribution in [3.63, 3.8) is 0 Å². The molecule has 2 saturated carbocycles. The fourth-order valence-corrected chi connectivity index (χ4v) is 3.36. The summed E-state index contributed by atoms with van der Waals surface area (Å²) in [7, 11) is 0. The van der Waals surface area contributed by atoms with Crippen LogP contribution in [0, 0.1) is 11.8 Å². The van der Waals surface area contributed by atoms with E-state index in [2.05, 4.69) is 17.1 Å². The van der Waals surface area contributed by atoms with Gasteiger partial charge in [-0.3, -0.25) is 4.90 Å². The van der Waals surface area contributed by atoms with Gasteiger partial charge in [0, 0.05) is 31.2 Å². The molecule has 1 N–H and O–H groups in total. The van der Waals surface area contributed by atoms with Crippen LogP contribution in [-0.2, 0) is 0 Å². The molecular formula is C13H23FN2. The van der Waals surface area contributed by atoms with Gasteiger partial charge in [0.25, 0.3) is 0 Å². The molecule has 3 heteroatoms. The number of hydrogen-bond donors (Lipinski definition) is 1. The largest absolute Gasteiger partial charge is 0.308 e. The van der Waals surface area contributed by atoms with Crippen LogP contribution >= 0.6 is 0 Å². The normalized spacial score (nSPS) is 41.2. The maximum absolute atomic E-state index is 12.6. The number of nitrogens with zero attached hydrogens (tertiary/aromatic N) is 1. The summed E-state index contributed by atoms with van der Waals surface area (Å²) in [6.45, 7) is 4.93. The van der Waals surface area contributed by atoms with Crippen LogP contribution in [0.3, 0.4) is 0 Å². The van der Waals surface area contributed by atoms with E-state index in [9.17, 15) is 4.39 Å². The maximum Gasteiger partial charge on any atom is 0.102 e. The smallest absolute Gasteiger partial charge is 0.102 e. The predicted molar refractivity (Wildman–Crippen MR) is 63.2 cm³/mol. The Morgan fingerprint density at radius 2 is 2.06 bits per heavy atom. The highest BCUT2D eigenvalue weighted by Gasteiger charge is 2.48. The third kappa shape index (κ3) is 2.00. The molecule has 0 radical (unpaired) electrons. The quantitative estimate of drug-likeness (QED) is 0.786. The lowest BCUT2D eigenvalue weighted by Gasteiger charge is -2.46. The van der Waals surface area contributed by atoms with Crippen molar-refractivity contribution in [2.75, 3.05) is 26.3 Å². The van der Waals surface area contributed by atoms with Crippen molar-refractivity contribution in [2.24, 2.45) is 11.8 Å². The summed E-state index contributed by atoms with van der Waals surface area (Å²) in [5.74, 6) is 1.69. The molecule has 92 valence electrons. The molecule has 1 heterocycles. The monoisotopic (exact) mass is 226 g/mol. The van der Waals surface area contributed by atoms with Crippen LogP contribution in [0.1, 0.15) is 32.6 Å². The second kappa shape index (κ2) is 3.95. The second-order valence-electron chi connectivity index (χ2n) is 6.14. The molecule has 3 rings (SSSR count). The van der Waals surface area contributed by atoms with Gasteiger partial charge in [-0.05, 0) is 44.4 Å². The number of alkyl halides is 1. The van der Waals surface area contributed by atoms with Crippen molar-refractivity contribution in [1.82, 2.24) is 10.2 Å². The highest BCUT2D eigenvalue weighted by atomic mass is 19.1. The first-order valence-electron chi connectivity index (χ1n) is 6.78. The Balaban J connectivity index is 1.67. The minimum Gasteiger partial charge on any atom is -0.308 e. The molecule has 0 aromatic rings. The highest BCUT2D eigenvalue weighted by Crippen LogP contribution is 2.44. The fourth-order valence-electron chi connectivity index (χ4n) is 3.36. The van der Waals surface area contributed by atoms with Crippen molar-refractivity contribution >= 4 is 0 Å². The Morgan fingerprint density at radius 1 is 1.31 bits per heavy atom. The van der Waals surface area contributed by atoms with Crippen molar-refractivity contribution in [3.05, 3.63) is 0 Å². The van der Waals surface area contributed by atoms with Gasteiger partial charge in [-0.2, -0.15) is 0 Å². The molecular weight excluding hydrogens is 203 g/mol.